The van der Waals surface area contributed by atoms with E-state index in [1.807, 2.05) is 38.1 Å². The van der Waals surface area contributed by atoms with Crippen LogP contribution in [0.15, 0.2) is 77.9 Å². The molecule has 0 unspecified atom stereocenters. The van der Waals surface area contributed by atoms with Crippen LogP contribution in [0.5, 0.6) is 0 Å². The lowest BCUT2D eigenvalue weighted by atomic mass is 9.95. The van der Waals surface area contributed by atoms with E-state index in [9.17, 15) is 48.6 Å². The third kappa shape index (κ3) is 16.5. The molecule has 9 N–H and O–H groups in total. The molecule has 6 amide bonds. The van der Waals surface area contributed by atoms with Gasteiger partial charge in [0.2, 0.25) is 35.4 Å². The lowest BCUT2D eigenvalue weighted by Gasteiger charge is -2.30. The summed E-state index contributed by atoms with van der Waals surface area (Å²) >= 11 is 1.33. The number of H-pyrrole nitrogens is 1. The van der Waals surface area contributed by atoms with E-state index in [2.05, 4.69) is 41.9 Å². The standard InChI is InChI=1S/C49H65N9O12S/c1-27(2)20-35(53-47(66)44(28(3)4)57-46(65)36(51-29(5)60)22-31-24-50-33-15-11-10-14-32(31)33)38(61)23-41(63)52-34(45(64)54-37(48(67)69-6)21-30-12-8-7-9-13-30)16-17-40(62)55-39-18-19-58(49(68)56-39)42-26-71-43(25-59)70-42/h7-15,18-19,24,27-28,34-38,42-44,50,59,61H,16-17,20-23,25-26H2,1-6H3,(H,51,60)(H,52,63)(H,53,66)(H,54,64)(H,57,65)(H,55,56,62,68)/t34-,35-,36-,37-,38-,42+,43-,44-/m0/s1. The molecule has 5 rings (SSSR count). The normalized spacial score (nSPS) is 17.0. The zero-order valence-corrected chi connectivity index (χ0v) is 41.5. The number of aromatic nitrogens is 3. The average molecular weight is 1000 g/mol. The van der Waals surface area contributed by atoms with Crippen molar-refractivity contribution in [3.05, 3.63) is 94.7 Å². The number of aromatic amines is 1. The number of fused-ring (bicyclic) bond motifs is 1. The van der Waals surface area contributed by atoms with Gasteiger partial charge in [-0.15, -0.1) is 11.8 Å². The lowest BCUT2D eigenvalue weighted by molar-refractivity contribution is -0.145. The van der Waals surface area contributed by atoms with Gasteiger partial charge in [-0.05, 0) is 47.9 Å². The number of nitrogens with one attached hydrogen (secondary N) is 7. The molecule has 8 atom stereocenters. The van der Waals surface area contributed by atoms with Crippen LogP contribution < -0.4 is 37.6 Å². The van der Waals surface area contributed by atoms with Crippen LogP contribution in [0.4, 0.5) is 5.82 Å². The molecule has 0 radical (unpaired) electrons. The molecule has 1 saturated heterocycles. The monoisotopic (exact) mass is 1000 g/mol. The Labute approximate surface area is 415 Å². The quantitative estimate of drug-likeness (QED) is 0.0426. The first-order valence-corrected chi connectivity index (χ1v) is 24.5. The van der Waals surface area contributed by atoms with Crippen LogP contribution in [-0.4, -0.2) is 127 Å². The molecule has 1 fully saturated rings. The summed E-state index contributed by atoms with van der Waals surface area (Å²) in [6.45, 7) is 8.21. The summed E-state index contributed by atoms with van der Waals surface area (Å²) in [7, 11) is 1.16. The number of amides is 6. The summed E-state index contributed by atoms with van der Waals surface area (Å²) in [5.74, 6) is -5.05. The van der Waals surface area contributed by atoms with Gasteiger partial charge in [0.05, 0.1) is 32.3 Å². The number of aliphatic hydroxyl groups is 2. The van der Waals surface area contributed by atoms with Crippen LogP contribution in [0.3, 0.4) is 0 Å². The largest absolute Gasteiger partial charge is 0.467 e. The second kappa shape index (κ2) is 26.6. The van der Waals surface area contributed by atoms with E-state index >= 15 is 0 Å². The van der Waals surface area contributed by atoms with Crippen molar-refractivity contribution in [1.82, 2.24) is 41.1 Å². The van der Waals surface area contributed by atoms with Gasteiger partial charge in [0.15, 0.2) is 0 Å². The number of carbonyl (C=O) groups is 7. The predicted octanol–water partition coefficient (Wildman–Crippen LogP) is 1.58. The topological polar surface area (TPSA) is 301 Å². The highest BCUT2D eigenvalue weighted by Crippen LogP contribution is 2.30. The molecule has 3 heterocycles. The third-order valence-electron chi connectivity index (χ3n) is 11.6. The van der Waals surface area contributed by atoms with Gasteiger partial charge in [-0.3, -0.25) is 33.3 Å². The summed E-state index contributed by atoms with van der Waals surface area (Å²) < 4.78 is 11.8. The van der Waals surface area contributed by atoms with E-state index < -0.39 is 107 Å². The third-order valence-corrected chi connectivity index (χ3v) is 12.7. The Morgan fingerprint density at radius 3 is 2.21 bits per heavy atom. The number of hydrogen-bond acceptors (Lipinski definition) is 14. The molecule has 0 aliphatic carbocycles. The van der Waals surface area contributed by atoms with E-state index in [0.717, 1.165) is 23.6 Å². The van der Waals surface area contributed by atoms with Crippen molar-refractivity contribution >= 4 is 69.9 Å². The maximum Gasteiger partial charge on any atom is 0.351 e. The number of carbonyl (C=O) groups excluding carboxylic acids is 7. The van der Waals surface area contributed by atoms with E-state index in [1.54, 1.807) is 50.4 Å². The van der Waals surface area contributed by atoms with E-state index in [1.165, 1.54) is 35.5 Å². The Balaban J connectivity index is 1.28. The van der Waals surface area contributed by atoms with Crippen LogP contribution in [0.25, 0.3) is 10.9 Å². The predicted molar refractivity (Wildman–Crippen MR) is 264 cm³/mol. The molecule has 0 spiro atoms. The second-order valence-electron chi connectivity index (χ2n) is 18.1. The SMILES string of the molecule is COC(=O)[C@H](Cc1ccccc1)NC(=O)[C@H](CCC(=O)Nc1ccn([C@H]2CS[C@@H](CO)O2)c(=O)n1)NC(=O)C[C@H](O)[C@H](CC(C)C)NC(=O)[C@@H](NC(=O)[C@H](Cc1c[nH]c2ccccc12)NC(C)=O)C(C)C. The van der Waals surface area contributed by atoms with Crippen LogP contribution >= 0.6 is 11.8 Å². The van der Waals surface area contributed by atoms with Crippen LogP contribution in [0.1, 0.15) is 77.7 Å². The fourth-order valence-corrected chi connectivity index (χ4v) is 8.97. The van der Waals surface area contributed by atoms with Crippen LogP contribution in [-0.2, 0) is 55.9 Å². The molecule has 1 aliphatic rings. The highest BCUT2D eigenvalue weighted by Gasteiger charge is 2.34. The van der Waals surface area contributed by atoms with Gasteiger partial charge in [0.25, 0.3) is 0 Å². The Hall–Kier alpha value is -6.62. The Kier molecular flexibility index (Phi) is 20.7. The number of para-hydroxylation sites is 1. The van der Waals surface area contributed by atoms with Crippen molar-refractivity contribution in [1.29, 1.82) is 0 Å². The minimum Gasteiger partial charge on any atom is -0.467 e. The van der Waals surface area contributed by atoms with Gasteiger partial charge in [0, 0.05) is 55.2 Å². The van der Waals surface area contributed by atoms with Crippen molar-refractivity contribution < 1.29 is 53.2 Å². The number of ether oxygens (including phenoxy) is 2. The molecule has 0 bridgehead atoms. The van der Waals surface area contributed by atoms with Crippen molar-refractivity contribution in [2.24, 2.45) is 11.8 Å². The number of rotatable bonds is 25. The van der Waals surface area contributed by atoms with Crippen molar-refractivity contribution in [3.8, 4) is 0 Å². The Morgan fingerprint density at radius 1 is 0.859 bits per heavy atom. The number of benzene rings is 2. The number of esters is 1. The lowest BCUT2D eigenvalue weighted by Crippen LogP contribution is -2.58. The molecule has 4 aromatic rings. The van der Waals surface area contributed by atoms with Crippen molar-refractivity contribution in [2.45, 2.75) is 121 Å². The summed E-state index contributed by atoms with van der Waals surface area (Å²) in [6.07, 6.45) is 0.0235. The molecule has 2 aromatic heterocycles. The average Bonchev–Trinajstić information content (AvgIpc) is 3.98. The summed E-state index contributed by atoms with van der Waals surface area (Å²) in [5, 5.41) is 37.9. The van der Waals surface area contributed by atoms with Crippen LogP contribution in [0, 0.1) is 11.8 Å². The van der Waals surface area contributed by atoms with Crippen LogP contribution in [0.2, 0.25) is 0 Å². The molecule has 71 heavy (non-hydrogen) atoms. The first-order valence-electron chi connectivity index (χ1n) is 23.4. The number of anilines is 1. The van der Waals surface area contributed by atoms with Gasteiger partial charge in [0.1, 0.15) is 41.6 Å². The zero-order chi connectivity index (χ0) is 51.8. The molecule has 21 nitrogen and oxygen atoms in total. The molecular formula is C49H65N9O12S. The molecule has 384 valence electrons. The number of hydrogen-bond donors (Lipinski definition) is 9. The Bertz CT molecular complexity index is 2540. The fraction of sp³-hybridized carbons (Fsp3) is 0.490. The molecule has 22 heteroatoms. The second-order valence-corrected chi connectivity index (χ2v) is 19.3. The minimum atomic E-state index is -1.51. The van der Waals surface area contributed by atoms with Gasteiger partial charge in [-0.2, -0.15) is 4.98 Å². The molecular weight excluding hydrogens is 939 g/mol. The first kappa shape index (κ1) is 55.3. The van der Waals surface area contributed by atoms with E-state index in [4.69, 9.17) is 9.47 Å². The number of methoxy groups -OCH3 is 1. The number of thioether (sulfide) groups is 1. The smallest absolute Gasteiger partial charge is 0.351 e. The molecule has 1 aliphatic heterocycles. The summed E-state index contributed by atoms with van der Waals surface area (Å²) in [4.78, 5) is 114. The Morgan fingerprint density at radius 2 is 1.56 bits per heavy atom. The first-order chi connectivity index (χ1) is 33.8. The fourth-order valence-electron chi connectivity index (χ4n) is 8.04. The highest BCUT2D eigenvalue weighted by atomic mass is 32.2. The van der Waals surface area contributed by atoms with E-state index in [-0.39, 0.29) is 50.4 Å². The van der Waals surface area contributed by atoms with Gasteiger partial charge in [-0.25, -0.2) is 9.59 Å². The maximum absolute atomic E-state index is 14.0. The maximum atomic E-state index is 14.0. The van der Waals surface area contributed by atoms with Gasteiger partial charge in [-0.1, -0.05) is 76.2 Å². The summed E-state index contributed by atoms with van der Waals surface area (Å²) in [6, 6.07) is 11.9. The molecule has 2 aromatic carbocycles. The van der Waals surface area contributed by atoms with Crippen molar-refractivity contribution in [2.75, 3.05) is 24.8 Å². The summed E-state index contributed by atoms with van der Waals surface area (Å²) in [5.41, 5.74) is 1.12. The van der Waals surface area contributed by atoms with Gasteiger partial charge >= 0.3 is 11.7 Å². The van der Waals surface area contributed by atoms with Crippen molar-refractivity contribution in [3.63, 3.8) is 0 Å². The molecule has 0 saturated carbocycles. The minimum absolute atomic E-state index is 0.0357. The number of aliphatic hydroxyl groups excluding tert-OH is 2. The highest BCUT2D eigenvalue weighted by molar-refractivity contribution is 8.00. The zero-order valence-electron chi connectivity index (χ0n) is 40.6. The number of nitrogens with zero attached hydrogens (tertiary/aromatic N) is 2. The van der Waals surface area contributed by atoms with Gasteiger partial charge < -0.3 is 56.6 Å². The van der Waals surface area contributed by atoms with E-state index in [0.29, 0.717) is 11.3 Å².